The van der Waals surface area contributed by atoms with E-state index in [2.05, 4.69) is 20.9 Å². The van der Waals surface area contributed by atoms with E-state index < -0.39 is 0 Å². The van der Waals surface area contributed by atoms with Crippen LogP contribution >= 0.6 is 23.8 Å². The molecular weight excluding hydrogens is 500 g/mol. The average Bonchev–Trinajstić information content (AvgIpc) is 3.38. The van der Waals surface area contributed by atoms with Gasteiger partial charge in [-0.3, -0.25) is 9.78 Å². The molecule has 0 radical (unpaired) electrons. The van der Waals surface area contributed by atoms with Crippen LogP contribution < -0.4 is 25.4 Å². The van der Waals surface area contributed by atoms with Crippen molar-refractivity contribution >= 4 is 40.4 Å². The minimum Gasteiger partial charge on any atom is -0.493 e. The molecule has 1 aromatic heterocycles. The highest BCUT2D eigenvalue weighted by Gasteiger charge is 2.49. The van der Waals surface area contributed by atoms with E-state index in [1.807, 2.05) is 12.1 Å². The number of hydrogen-bond donors (Lipinski definition) is 3. The lowest BCUT2D eigenvalue weighted by Gasteiger charge is -2.29. The Kier molecular flexibility index (Phi) is 7.32. The van der Waals surface area contributed by atoms with E-state index in [0.717, 1.165) is 43.6 Å². The number of carbonyl (C=O) groups excluding carboxylic acids is 1. The monoisotopic (exact) mass is 528 g/mol. The molecule has 2 aromatic rings. The summed E-state index contributed by atoms with van der Waals surface area (Å²) in [6, 6.07) is 7.26. The predicted octanol–water partition coefficient (Wildman–Crippen LogP) is 4.14. The van der Waals surface area contributed by atoms with Gasteiger partial charge in [-0.2, -0.15) is 0 Å². The van der Waals surface area contributed by atoms with Gasteiger partial charge in [-0.1, -0.05) is 29.9 Å². The first-order valence-corrected chi connectivity index (χ1v) is 12.9. The van der Waals surface area contributed by atoms with Gasteiger partial charge in [0.05, 0.1) is 35.7 Å². The molecule has 1 saturated heterocycles. The van der Waals surface area contributed by atoms with Crippen molar-refractivity contribution in [1.82, 2.24) is 15.6 Å². The molecule has 0 bridgehead atoms. The summed E-state index contributed by atoms with van der Waals surface area (Å²) in [5, 5.41) is 10.2. The normalized spacial score (nSPS) is 20.2. The zero-order chi connectivity index (χ0) is 25.1. The molecule has 3 heterocycles. The third-order valence-corrected chi connectivity index (χ3v) is 7.34. The molecule has 190 valence electrons. The molecule has 1 amide bonds. The van der Waals surface area contributed by atoms with Gasteiger partial charge in [-0.25, -0.2) is 0 Å². The number of thiocarbonyl (C=S) groups is 1. The molecule has 1 unspecified atom stereocenters. The molecule has 2 fully saturated rings. The summed E-state index contributed by atoms with van der Waals surface area (Å²) in [5.41, 5.74) is 2.57. The van der Waals surface area contributed by atoms with Gasteiger partial charge >= 0.3 is 0 Å². The number of anilines is 1. The number of halogens is 1. The third-order valence-electron chi connectivity index (χ3n) is 6.73. The number of methoxy groups -OCH3 is 1. The summed E-state index contributed by atoms with van der Waals surface area (Å²) >= 11 is 12.0. The number of aromatic nitrogens is 1. The Morgan fingerprint density at radius 1 is 1.36 bits per heavy atom. The number of rotatable bonds is 9. The number of benzene rings is 1. The van der Waals surface area contributed by atoms with Crippen LogP contribution in [0.2, 0.25) is 5.02 Å². The van der Waals surface area contributed by atoms with E-state index >= 15 is 0 Å². The van der Waals surface area contributed by atoms with Gasteiger partial charge < -0.3 is 30.2 Å². The van der Waals surface area contributed by atoms with Gasteiger partial charge in [0.1, 0.15) is 17.3 Å². The zero-order valence-corrected chi connectivity index (χ0v) is 21.6. The highest BCUT2D eigenvalue weighted by molar-refractivity contribution is 7.81. The van der Waals surface area contributed by atoms with Crippen molar-refractivity contribution in [2.24, 2.45) is 0 Å². The van der Waals surface area contributed by atoms with Crippen molar-refractivity contribution in [3.8, 4) is 11.5 Å². The van der Waals surface area contributed by atoms with Crippen molar-refractivity contribution in [2.75, 3.05) is 25.6 Å². The van der Waals surface area contributed by atoms with E-state index in [9.17, 15) is 4.79 Å². The topological polar surface area (TPSA) is 93.7 Å². The van der Waals surface area contributed by atoms with E-state index in [1.165, 1.54) is 0 Å². The van der Waals surface area contributed by atoms with Crippen LogP contribution in [0, 0.1) is 0 Å². The molecule has 1 aromatic carbocycles. The van der Waals surface area contributed by atoms with Crippen LogP contribution in [0.15, 0.2) is 47.9 Å². The highest BCUT2D eigenvalue weighted by Crippen LogP contribution is 2.44. The lowest BCUT2D eigenvalue weighted by atomic mass is 9.98. The van der Waals surface area contributed by atoms with Crippen LogP contribution in [-0.4, -0.2) is 47.8 Å². The molecule has 5 rings (SSSR count). The number of para-hydroxylation sites is 1. The molecule has 1 aliphatic carbocycles. The number of hydrogen-bond acceptors (Lipinski definition) is 7. The van der Waals surface area contributed by atoms with Crippen LogP contribution in [-0.2, 0) is 16.1 Å². The molecule has 3 N–H and O–H groups in total. The maximum atomic E-state index is 13.2. The smallest absolute Gasteiger partial charge is 0.256 e. The number of carbonyl (C=O) groups is 1. The molecule has 1 saturated carbocycles. The number of nitrogens with one attached hydrogen (secondary N) is 3. The maximum absolute atomic E-state index is 13.2. The second-order valence-electron chi connectivity index (χ2n) is 9.32. The Hall–Kier alpha value is -2.88. The molecular formula is C26H29ClN4O4S. The molecule has 36 heavy (non-hydrogen) atoms. The average molecular weight is 529 g/mol. The molecule has 3 aliphatic rings. The van der Waals surface area contributed by atoms with E-state index in [4.69, 9.17) is 38.0 Å². The Balaban J connectivity index is 1.35. The summed E-state index contributed by atoms with van der Waals surface area (Å²) < 4.78 is 17.1. The molecule has 1 atom stereocenters. The summed E-state index contributed by atoms with van der Waals surface area (Å²) in [5.74, 6) is 0.981. The lowest BCUT2D eigenvalue weighted by Crippen LogP contribution is -2.47. The second kappa shape index (κ2) is 10.6. The van der Waals surface area contributed by atoms with Gasteiger partial charge in [-0.15, -0.1) is 0 Å². The Bertz CT molecular complexity index is 1190. The fraction of sp³-hybridized carbons (Fsp3) is 0.423. The van der Waals surface area contributed by atoms with Crippen molar-refractivity contribution in [3.63, 3.8) is 0 Å². The fourth-order valence-corrected chi connectivity index (χ4v) is 5.18. The van der Waals surface area contributed by atoms with Crippen molar-refractivity contribution in [2.45, 2.75) is 50.3 Å². The van der Waals surface area contributed by atoms with Gasteiger partial charge in [-0.05, 0) is 43.9 Å². The summed E-state index contributed by atoms with van der Waals surface area (Å²) in [6.45, 7) is 1.74. The van der Waals surface area contributed by atoms with Crippen LogP contribution in [0.5, 0.6) is 11.5 Å². The number of amides is 1. The lowest BCUT2D eigenvalue weighted by molar-refractivity contribution is -0.118. The van der Waals surface area contributed by atoms with Gasteiger partial charge in [0.15, 0.2) is 5.75 Å². The number of nitrogens with zero attached hydrogens (tertiary/aromatic N) is 1. The first-order chi connectivity index (χ1) is 17.5. The van der Waals surface area contributed by atoms with Crippen LogP contribution in [0.25, 0.3) is 0 Å². The maximum Gasteiger partial charge on any atom is 0.256 e. The number of pyridine rings is 1. The summed E-state index contributed by atoms with van der Waals surface area (Å²) in [6.07, 6.45) is 8.21. The van der Waals surface area contributed by atoms with Crippen molar-refractivity contribution in [3.05, 3.63) is 58.5 Å². The SMILES string of the molecule is COc1c(Cl)cccc1NC(=S)C1=C(NCc2ccncc2OCC2CCCO2)CC2(CC2)NC1=O. The summed E-state index contributed by atoms with van der Waals surface area (Å²) in [4.78, 5) is 17.7. The van der Waals surface area contributed by atoms with Crippen LogP contribution in [0.4, 0.5) is 5.69 Å². The first-order valence-electron chi connectivity index (χ1n) is 12.1. The van der Waals surface area contributed by atoms with Gasteiger partial charge in [0.25, 0.3) is 5.91 Å². The predicted molar refractivity (Wildman–Crippen MR) is 142 cm³/mol. The van der Waals surface area contributed by atoms with Crippen LogP contribution in [0.1, 0.15) is 37.7 Å². The fourth-order valence-electron chi connectivity index (χ4n) is 4.60. The third kappa shape index (κ3) is 5.43. The largest absolute Gasteiger partial charge is 0.493 e. The van der Waals surface area contributed by atoms with Crippen molar-refractivity contribution in [1.29, 1.82) is 0 Å². The van der Waals surface area contributed by atoms with Crippen molar-refractivity contribution < 1.29 is 19.0 Å². The van der Waals surface area contributed by atoms with E-state index in [0.29, 0.717) is 52.3 Å². The van der Waals surface area contributed by atoms with E-state index in [1.54, 1.807) is 31.6 Å². The Morgan fingerprint density at radius 3 is 2.97 bits per heavy atom. The number of ether oxygens (including phenoxy) is 3. The molecule has 8 nitrogen and oxygen atoms in total. The van der Waals surface area contributed by atoms with Gasteiger partial charge in [0, 0.05) is 42.6 Å². The second-order valence-corrected chi connectivity index (χ2v) is 10.1. The minimum absolute atomic E-state index is 0.115. The van der Waals surface area contributed by atoms with Crippen LogP contribution in [0.3, 0.4) is 0 Å². The zero-order valence-electron chi connectivity index (χ0n) is 20.1. The standard InChI is InChI=1S/C26H29ClN4O4S/c1-33-23-18(27)5-2-6-19(23)30-25(36)22-20(12-26(8-9-26)31-24(22)32)29-13-16-7-10-28-14-21(16)35-15-17-4-3-11-34-17/h2,5-7,10,14,17,29H,3-4,8-9,11-13,15H2,1H3,(H,30,36)(H,31,32). The minimum atomic E-state index is -0.191. The molecule has 1 spiro atoms. The Morgan fingerprint density at radius 2 is 2.22 bits per heavy atom. The van der Waals surface area contributed by atoms with Gasteiger partial charge in [0.2, 0.25) is 0 Å². The molecule has 10 heteroatoms. The molecule has 2 aliphatic heterocycles. The first kappa shape index (κ1) is 24.8. The van der Waals surface area contributed by atoms with E-state index in [-0.39, 0.29) is 17.6 Å². The Labute approximate surface area is 220 Å². The quantitative estimate of drug-likeness (QED) is 0.418. The summed E-state index contributed by atoms with van der Waals surface area (Å²) in [7, 11) is 1.54. The highest BCUT2D eigenvalue weighted by atomic mass is 35.5.